The van der Waals surface area contributed by atoms with Gasteiger partial charge in [0, 0.05) is 21.7 Å². The van der Waals surface area contributed by atoms with Gasteiger partial charge < -0.3 is 10.1 Å². The highest BCUT2D eigenvalue weighted by Gasteiger charge is 2.55. The number of aromatic nitrogens is 1. The monoisotopic (exact) mass is 520 g/mol. The molecule has 3 aliphatic rings. The van der Waals surface area contributed by atoms with Gasteiger partial charge in [-0.3, -0.25) is 14.2 Å². The number of thiazole rings is 1. The number of esters is 1. The number of anilines is 1. The largest absolute Gasteiger partial charge is 0.462 e. The Labute approximate surface area is 218 Å². The van der Waals surface area contributed by atoms with Crippen LogP contribution in [0.4, 0.5) is 5.69 Å². The van der Waals surface area contributed by atoms with E-state index in [4.69, 9.17) is 4.74 Å². The van der Waals surface area contributed by atoms with Crippen LogP contribution in [0.1, 0.15) is 52.9 Å². The molecular formula is C28H28N2O4S2. The molecule has 1 aliphatic heterocycles. The van der Waals surface area contributed by atoms with Gasteiger partial charge in [-0.1, -0.05) is 41.7 Å². The molecule has 1 N–H and O–H groups in total. The zero-order valence-electron chi connectivity index (χ0n) is 20.0. The Bertz CT molecular complexity index is 1350. The Morgan fingerprint density at radius 3 is 2.56 bits per heavy atom. The summed E-state index contributed by atoms with van der Waals surface area (Å²) in [6.07, 6.45) is 3.84. The molecule has 6 rings (SSSR count). The molecule has 0 spiro atoms. The molecule has 6 nitrogen and oxygen atoms in total. The third kappa shape index (κ3) is 4.10. The lowest BCUT2D eigenvalue weighted by atomic mass is 9.75. The van der Waals surface area contributed by atoms with Crippen molar-refractivity contribution >= 4 is 40.7 Å². The molecule has 2 aromatic carbocycles. The minimum Gasteiger partial charge on any atom is -0.462 e. The van der Waals surface area contributed by atoms with Crippen LogP contribution in [0, 0.1) is 17.8 Å². The van der Waals surface area contributed by atoms with Crippen molar-refractivity contribution in [3.63, 3.8) is 0 Å². The van der Waals surface area contributed by atoms with E-state index < -0.39 is 5.97 Å². The lowest BCUT2D eigenvalue weighted by Crippen LogP contribution is -2.34. The zero-order valence-corrected chi connectivity index (χ0v) is 21.6. The highest BCUT2D eigenvalue weighted by atomic mass is 32.2. The smallest absolute Gasteiger partial charge is 0.338 e. The van der Waals surface area contributed by atoms with Crippen LogP contribution in [0.5, 0.6) is 0 Å². The standard InChI is InChI=1S/C28H28N2O4S2/c1-2-34-27(32)17-10-12-20(13-11-17)29-21(31)15-30-26-25(36-28(30)33)22(16-6-4-3-5-7-16)23-18-8-9-19(14-18)24(23)35-26/h3-7,10-13,18-19,22-24H,2,8-9,14-15H2,1H3,(H,29,31)/t18?,19?,22-,23?,24?/m1/s1. The quantitative estimate of drug-likeness (QED) is 0.442. The SMILES string of the molecule is CCOC(=O)c1ccc(NC(=O)Cn2c3c(sc2=O)[C@H](c2ccccc2)C2C4CCC(C4)C2S3)cc1. The summed E-state index contributed by atoms with van der Waals surface area (Å²) < 4.78 is 6.68. The normalized spacial score (nSPS) is 25.8. The number of thioether (sulfide) groups is 1. The number of ether oxygens (including phenoxy) is 1. The summed E-state index contributed by atoms with van der Waals surface area (Å²) in [5.74, 6) is 1.54. The van der Waals surface area contributed by atoms with E-state index in [1.54, 1.807) is 35.8 Å². The van der Waals surface area contributed by atoms with Gasteiger partial charge in [-0.15, -0.1) is 11.8 Å². The van der Waals surface area contributed by atoms with E-state index in [1.165, 1.54) is 36.2 Å². The highest BCUT2D eigenvalue weighted by Crippen LogP contribution is 2.63. The summed E-state index contributed by atoms with van der Waals surface area (Å²) in [5, 5.41) is 4.35. The third-order valence-electron chi connectivity index (χ3n) is 7.83. The van der Waals surface area contributed by atoms with Crippen LogP contribution in [-0.2, 0) is 16.1 Å². The number of carbonyl (C=O) groups is 2. The molecule has 36 heavy (non-hydrogen) atoms. The van der Waals surface area contributed by atoms with Crippen LogP contribution >= 0.6 is 23.1 Å². The fraction of sp³-hybridized carbons (Fsp3) is 0.393. The van der Waals surface area contributed by atoms with Gasteiger partial charge in [-0.05, 0) is 73.8 Å². The third-order valence-corrected chi connectivity index (χ3v) is 10.7. The van der Waals surface area contributed by atoms with E-state index >= 15 is 0 Å². The van der Waals surface area contributed by atoms with Gasteiger partial charge in [0.2, 0.25) is 5.91 Å². The summed E-state index contributed by atoms with van der Waals surface area (Å²) in [5.41, 5.74) is 2.29. The molecule has 3 aromatic rings. The van der Waals surface area contributed by atoms with Crippen LogP contribution < -0.4 is 10.2 Å². The average Bonchev–Trinajstić information content (AvgIpc) is 3.58. The maximum atomic E-state index is 13.2. The van der Waals surface area contributed by atoms with Crippen molar-refractivity contribution in [2.24, 2.45) is 17.8 Å². The van der Waals surface area contributed by atoms with Gasteiger partial charge in [-0.25, -0.2) is 4.79 Å². The summed E-state index contributed by atoms with van der Waals surface area (Å²) in [7, 11) is 0. The van der Waals surface area contributed by atoms with E-state index in [1.807, 2.05) is 17.8 Å². The second-order valence-corrected chi connectivity index (χ2v) is 12.0. The van der Waals surface area contributed by atoms with Crippen molar-refractivity contribution in [1.29, 1.82) is 0 Å². The minimum absolute atomic E-state index is 0.0235. The molecule has 2 fully saturated rings. The van der Waals surface area contributed by atoms with Crippen LogP contribution in [0.25, 0.3) is 0 Å². The minimum atomic E-state index is -0.393. The molecule has 1 aromatic heterocycles. The highest BCUT2D eigenvalue weighted by molar-refractivity contribution is 8.00. The van der Waals surface area contributed by atoms with Crippen LogP contribution in [0.3, 0.4) is 0 Å². The molecule has 2 heterocycles. The molecule has 8 heteroatoms. The van der Waals surface area contributed by atoms with Crippen molar-refractivity contribution in [3.05, 3.63) is 80.3 Å². The summed E-state index contributed by atoms with van der Waals surface area (Å²) in [4.78, 5) is 39.1. The molecule has 0 radical (unpaired) electrons. The van der Waals surface area contributed by atoms with E-state index in [9.17, 15) is 14.4 Å². The van der Waals surface area contributed by atoms with Crippen molar-refractivity contribution < 1.29 is 14.3 Å². The molecule has 5 atom stereocenters. The molecular weight excluding hydrogens is 492 g/mol. The van der Waals surface area contributed by atoms with Crippen molar-refractivity contribution in [3.8, 4) is 0 Å². The summed E-state index contributed by atoms with van der Waals surface area (Å²) in [6, 6.07) is 17.2. The van der Waals surface area contributed by atoms with Crippen LogP contribution in [0.15, 0.2) is 64.4 Å². The number of fused-ring (bicyclic) bond motifs is 6. The van der Waals surface area contributed by atoms with Crippen LogP contribution in [-0.4, -0.2) is 28.3 Å². The zero-order chi connectivity index (χ0) is 24.8. The Kier molecular flexibility index (Phi) is 6.25. The second-order valence-electron chi connectivity index (χ2n) is 9.85. The van der Waals surface area contributed by atoms with Gasteiger partial charge in [0.1, 0.15) is 6.54 Å². The average molecular weight is 521 g/mol. The first-order chi connectivity index (χ1) is 17.5. The maximum absolute atomic E-state index is 13.2. The number of benzene rings is 2. The first-order valence-electron chi connectivity index (χ1n) is 12.6. The number of hydrogen-bond donors (Lipinski definition) is 1. The second kappa shape index (κ2) is 9.56. The van der Waals surface area contributed by atoms with E-state index in [-0.39, 0.29) is 23.2 Å². The van der Waals surface area contributed by atoms with Gasteiger partial charge in [0.25, 0.3) is 0 Å². The molecule has 2 saturated carbocycles. The van der Waals surface area contributed by atoms with Crippen LogP contribution in [0.2, 0.25) is 0 Å². The lowest BCUT2D eigenvalue weighted by Gasteiger charge is -2.40. The lowest BCUT2D eigenvalue weighted by molar-refractivity contribution is -0.116. The van der Waals surface area contributed by atoms with Gasteiger partial charge >= 0.3 is 10.8 Å². The van der Waals surface area contributed by atoms with E-state index in [0.717, 1.165) is 15.8 Å². The number of nitrogens with one attached hydrogen (secondary N) is 1. The molecule has 1 amide bonds. The Balaban J connectivity index is 1.26. The Morgan fingerprint density at radius 1 is 1.06 bits per heavy atom. The van der Waals surface area contributed by atoms with E-state index in [2.05, 4.69) is 29.6 Å². The molecule has 4 unspecified atom stereocenters. The van der Waals surface area contributed by atoms with Crippen molar-refractivity contribution in [2.75, 3.05) is 11.9 Å². The molecule has 0 saturated heterocycles. The maximum Gasteiger partial charge on any atom is 0.338 e. The molecule has 2 aliphatic carbocycles. The van der Waals surface area contributed by atoms with Crippen molar-refractivity contribution in [2.45, 2.75) is 48.9 Å². The van der Waals surface area contributed by atoms with Gasteiger partial charge in [0.05, 0.1) is 17.2 Å². The topological polar surface area (TPSA) is 77.4 Å². The Hall–Kier alpha value is -2.84. The fourth-order valence-corrected chi connectivity index (χ4v) is 9.52. The van der Waals surface area contributed by atoms with E-state index in [0.29, 0.717) is 34.9 Å². The number of nitrogens with zero attached hydrogens (tertiary/aromatic N) is 1. The fourth-order valence-electron chi connectivity index (χ4n) is 6.37. The molecule has 2 bridgehead atoms. The first kappa shape index (κ1) is 23.6. The number of amides is 1. The predicted molar refractivity (Wildman–Crippen MR) is 142 cm³/mol. The summed E-state index contributed by atoms with van der Waals surface area (Å²) in [6.45, 7) is 2.04. The van der Waals surface area contributed by atoms with Gasteiger partial charge in [-0.2, -0.15) is 0 Å². The predicted octanol–water partition coefficient (Wildman–Crippen LogP) is 5.38. The number of hydrogen-bond acceptors (Lipinski definition) is 6. The van der Waals surface area contributed by atoms with Crippen molar-refractivity contribution in [1.82, 2.24) is 4.57 Å². The first-order valence-corrected chi connectivity index (χ1v) is 14.2. The molecule has 186 valence electrons. The Morgan fingerprint density at radius 2 is 1.81 bits per heavy atom. The van der Waals surface area contributed by atoms with Gasteiger partial charge in [0.15, 0.2) is 0 Å². The number of rotatable bonds is 6. The number of carbonyl (C=O) groups excluding carboxylic acids is 2. The summed E-state index contributed by atoms with van der Waals surface area (Å²) >= 11 is 3.15.